The first-order valence-corrected chi connectivity index (χ1v) is 3.84. The minimum atomic E-state index is -1.16. The highest BCUT2D eigenvalue weighted by Crippen LogP contribution is 1.73. The minimum Gasteiger partial charge on any atom is -0.548 e. The highest BCUT2D eigenvalue weighted by molar-refractivity contribution is 5.65. The fourth-order valence-corrected chi connectivity index (χ4v) is 0.185. The van der Waals surface area contributed by atoms with E-state index in [1.807, 2.05) is 0 Å². The monoisotopic (exact) mass is 177 g/mol. The SMILES string of the molecule is CCOCC(=O)[O-].C[N+](C)(C)C. The molecule has 0 aromatic carbocycles. The molecule has 0 radical (unpaired) electrons. The molecule has 0 N–H and O–H groups in total. The first-order chi connectivity index (χ1) is 5.27. The van der Waals surface area contributed by atoms with Gasteiger partial charge in [0.2, 0.25) is 0 Å². The Labute approximate surface area is 74.3 Å². The predicted molar refractivity (Wildman–Crippen MR) is 45.5 cm³/mol. The zero-order chi connectivity index (χ0) is 10.2. The van der Waals surface area contributed by atoms with Crippen LogP contribution in [0.2, 0.25) is 0 Å². The third-order valence-corrected chi connectivity index (χ3v) is 0.424. The van der Waals surface area contributed by atoms with E-state index in [-0.39, 0.29) is 6.61 Å². The largest absolute Gasteiger partial charge is 0.548 e. The fraction of sp³-hybridized carbons (Fsp3) is 0.875. The molecule has 0 aliphatic rings. The lowest BCUT2D eigenvalue weighted by Gasteiger charge is -2.14. The van der Waals surface area contributed by atoms with E-state index in [1.165, 1.54) is 0 Å². The number of carboxylic acids is 1. The van der Waals surface area contributed by atoms with Crippen LogP contribution in [0.25, 0.3) is 0 Å². The fourth-order valence-electron chi connectivity index (χ4n) is 0.185. The van der Waals surface area contributed by atoms with Crippen molar-refractivity contribution in [1.29, 1.82) is 0 Å². The van der Waals surface area contributed by atoms with Crippen LogP contribution < -0.4 is 5.11 Å². The second-order valence-corrected chi connectivity index (χ2v) is 3.69. The van der Waals surface area contributed by atoms with Gasteiger partial charge in [-0.25, -0.2) is 0 Å². The Morgan fingerprint density at radius 3 is 1.75 bits per heavy atom. The molecule has 4 nitrogen and oxygen atoms in total. The maximum atomic E-state index is 9.52. The molecule has 0 rings (SSSR count). The number of quaternary nitrogens is 1. The highest BCUT2D eigenvalue weighted by atomic mass is 16.5. The van der Waals surface area contributed by atoms with Crippen LogP contribution in [0.15, 0.2) is 0 Å². The van der Waals surface area contributed by atoms with Crippen molar-refractivity contribution in [2.24, 2.45) is 0 Å². The number of carbonyl (C=O) groups excluding carboxylic acids is 1. The molecular formula is C8H19NO3. The Hall–Kier alpha value is -0.610. The number of carbonyl (C=O) groups is 1. The second-order valence-electron chi connectivity index (χ2n) is 3.69. The van der Waals surface area contributed by atoms with E-state index in [1.54, 1.807) is 6.92 Å². The third-order valence-electron chi connectivity index (χ3n) is 0.424. The van der Waals surface area contributed by atoms with Crippen LogP contribution in [0.1, 0.15) is 6.92 Å². The molecule has 0 aliphatic heterocycles. The Morgan fingerprint density at radius 1 is 1.33 bits per heavy atom. The molecule has 4 heteroatoms. The van der Waals surface area contributed by atoms with E-state index in [0.717, 1.165) is 4.48 Å². The Balaban J connectivity index is 0. The molecule has 0 spiro atoms. The molecule has 12 heavy (non-hydrogen) atoms. The maximum Gasteiger partial charge on any atom is 0.0861 e. The topological polar surface area (TPSA) is 49.4 Å². The number of hydrogen-bond acceptors (Lipinski definition) is 3. The maximum absolute atomic E-state index is 9.52. The summed E-state index contributed by atoms with van der Waals surface area (Å²) in [5.74, 6) is -1.16. The zero-order valence-electron chi connectivity index (χ0n) is 8.59. The van der Waals surface area contributed by atoms with E-state index in [0.29, 0.717) is 6.61 Å². The van der Waals surface area contributed by atoms with Crippen molar-refractivity contribution in [3.05, 3.63) is 0 Å². The molecule has 74 valence electrons. The number of carboxylic acid groups (broad SMARTS) is 1. The number of ether oxygens (including phenoxy) is 1. The van der Waals surface area contributed by atoms with Crippen LogP contribution in [-0.4, -0.2) is 51.9 Å². The van der Waals surface area contributed by atoms with Gasteiger partial charge in [-0.3, -0.25) is 0 Å². The average Bonchev–Trinajstić information content (AvgIpc) is 1.79. The Bertz CT molecular complexity index is 112. The molecular weight excluding hydrogens is 158 g/mol. The third kappa shape index (κ3) is 57.5. The summed E-state index contributed by atoms with van der Waals surface area (Å²) in [5, 5.41) is 9.52. The minimum absolute atomic E-state index is 0.295. The summed E-state index contributed by atoms with van der Waals surface area (Å²) in [7, 11) is 8.50. The molecule has 0 fully saturated rings. The normalized spacial score (nSPS) is 10.1. The van der Waals surface area contributed by atoms with Gasteiger partial charge in [0.1, 0.15) is 0 Å². The van der Waals surface area contributed by atoms with Gasteiger partial charge in [0.05, 0.1) is 40.8 Å². The van der Waals surface area contributed by atoms with Crippen LogP contribution in [0.3, 0.4) is 0 Å². The average molecular weight is 177 g/mol. The van der Waals surface area contributed by atoms with Gasteiger partial charge in [-0.15, -0.1) is 0 Å². The van der Waals surface area contributed by atoms with Gasteiger partial charge < -0.3 is 19.1 Å². The number of nitrogens with zero attached hydrogens (tertiary/aromatic N) is 1. The number of aliphatic carboxylic acids is 1. The van der Waals surface area contributed by atoms with Crippen molar-refractivity contribution in [2.75, 3.05) is 41.4 Å². The van der Waals surface area contributed by atoms with E-state index >= 15 is 0 Å². The molecule has 0 aromatic rings. The van der Waals surface area contributed by atoms with Crippen molar-refractivity contribution < 1.29 is 19.1 Å². The summed E-state index contributed by atoms with van der Waals surface area (Å²) in [6, 6.07) is 0. The molecule has 0 aromatic heterocycles. The first kappa shape index (κ1) is 13.9. The quantitative estimate of drug-likeness (QED) is 0.525. The molecule has 0 amide bonds. The van der Waals surface area contributed by atoms with Gasteiger partial charge in [0.25, 0.3) is 0 Å². The van der Waals surface area contributed by atoms with E-state index in [4.69, 9.17) is 0 Å². The van der Waals surface area contributed by atoms with Gasteiger partial charge in [0, 0.05) is 6.61 Å². The van der Waals surface area contributed by atoms with Crippen molar-refractivity contribution in [3.63, 3.8) is 0 Å². The van der Waals surface area contributed by atoms with Crippen molar-refractivity contribution in [3.8, 4) is 0 Å². The molecule has 0 unspecified atom stereocenters. The van der Waals surface area contributed by atoms with E-state index < -0.39 is 5.97 Å². The van der Waals surface area contributed by atoms with Crippen LogP contribution in [0, 0.1) is 0 Å². The van der Waals surface area contributed by atoms with Crippen molar-refractivity contribution >= 4 is 5.97 Å². The lowest BCUT2D eigenvalue weighted by Crippen LogP contribution is -2.27. The lowest BCUT2D eigenvalue weighted by molar-refractivity contribution is -0.849. The summed E-state index contributed by atoms with van der Waals surface area (Å²) in [6.45, 7) is 1.85. The molecule has 0 saturated heterocycles. The molecule has 0 atom stereocenters. The van der Waals surface area contributed by atoms with Gasteiger partial charge in [0.15, 0.2) is 0 Å². The number of hydrogen-bond donors (Lipinski definition) is 0. The van der Waals surface area contributed by atoms with E-state index in [9.17, 15) is 9.90 Å². The van der Waals surface area contributed by atoms with Gasteiger partial charge in [-0.1, -0.05) is 0 Å². The van der Waals surface area contributed by atoms with Crippen LogP contribution in [0.5, 0.6) is 0 Å². The van der Waals surface area contributed by atoms with Crippen LogP contribution in [-0.2, 0) is 9.53 Å². The molecule has 0 saturated carbocycles. The molecule has 0 bridgehead atoms. The smallest absolute Gasteiger partial charge is 0.0861 e. The highest BCUT2D eigenvalue weighted by Gasteiger charge is 1.88. The van der Waals surface area contributed by atoms with Gasteiger partial charge >= 0.3 is 0 Å². The second kappa shape index (κ2) is 7.06. The zero-order valence-corrected chi connectivity index (χ0v) is 8.59. The van der Waals surface area contributed by atoms with Gasteiger partial charge in [-0.05, 0) is 6.92 Å². The molecule has 0 heterocycles. The Morgan fingerprint density at radius 2 is 1.67 bits per heavy atom. The van der Waals surface area contributed by atoms with Crippen LogP contribution in [0.4, 0.5) is 0 Å². The predicted octanol–water partition coefficient (Wildman–Crippen LogP) is -0.905. The molecule has 0 aliphatic carbocycles. The first-order valence-electron chi connectivity index (χ1n) is 3.84. The van der Waals surface area contributed by atoms with Crippen molar-refractivity contribution in [2.45, 2.75) is 6.92 Å². The van der Waals surface area contributed by atoms with Gasteiger partial charge in [-0.2, -0.15) is 0 Å². The summed E-state index contributed by atoms with van der Waals surface area (Å²) in [6.07, 6.45) is 0. The number of rotatable bonds is 3. The summed E-state index contributed by atoms with van der Waals surface area (Å²) < 4.78 is 5.43. The lowest BCUT2D eigenvalue weighted by atomic mass is 10.7. The summed E-state index contributed by atoms with van der Waals surface area (Å²) in [5.41, 5.74) is 0. The Kier molecular flexibility index (Phi) is 8.21. The standard InChI is InChI=1S/C4H12N.C4H8O3/c1-5(2,3)4;1-2-7-3-4(5)6/h1-4H3;2-3H2,1H3,(H,5,6)/q+1;/p-1. The van der Waals surface area contributed by atoms with E-state index in [2.05, 4.69) is 32.9 Å². The summed E-state index contributed by atoms with van der Waals surface area (Å²) >= 11 is 0. The summed E-state index contributed by atoms with van der Waals surface area (Å²) in [4.78, 5) is 9.52. The van der Waals surface area contributed by atoms with Crippen molar-refractivity contribution in [1.82, 2.24) is 0 Å². The van der Waals surface area contributed by atoms with Crippen LogP contribution >= 0.6 is 0 Å².